The monoisotopic (exact) mass is 557 g/mol. The Balaban J connectivity index is 1.68. The van der Waals surface area contributed by atoms with E-state index in [1.54, 1.807) is 43.8 Å². The molecule has 0 unspecified atom stereocenters. The third-order valence-corrected chi connectivity index (χ3v) is 6.62. The molecule has 4 rings (SSSR count). The van der Waals surface area contributed by atoms with Crippen molar-refractivity contribution in [2.75, 3.05) is 31.8 Å². The number of hydrogen-bond donors (Lipinski definition) is 6. The number of likely N-dealkylation sites (N-methyl/N-ethyl adjacent to an activating group) is 1. The Labute approximate surface area is 226 Å². The van der Waals surface area contributed by atoms with E-state index >= 15 is 0 Å². The maximum atomic E-state index is 12.6. The number of aromatic nitrogens is 3. The third-order valence-electron chi connectivity index (χ3n) is 5.59. The van der Waals surface area contributed by atoms with E-state index in [1.807, 2.05) is 0 Å². The number of nitrogens with zero attached hydrogens (tertiary/aromatic N) is 4. The van der Waals surface area contributed by atoms with Gasteiger partial charge in [-0.05, 0) is 25.0 Å². The summed E-state index contributed by atoms with van der Waals surface area (Å²) < 4.78 is 5.65. The highest BCUT2D eigenvalue weighted by Crippen LogP contribution is 2.40. The molecule has 206 valence electrons. The highest BCUT2D eigenvalue weighted by molar-refractivity contribution is 7.15. The number of ether oxygens (including phenoxy) is 1. The number of anilines is 3. The molecule has 0 atom stereocenters. The van der Waals surface area contributed by atoms with Crippen LogP contribution in [0, 0.1) is 5.92 Å². The Morgan fingerprint density at radius 3 is 2.54 bits per heavy atom. The standard InChI is InChI=1S/C24H27N7O7S/c1-31(2)18(32)9-13-11-25-23(39-13)14-5-4-6-15(20(14)38-3)26-16-10-17(27-21(33)12-7-8-12)29-30-19(16)22(34)28-24(35,36)37/h4-6,10-12,35-37H,7-9H2,1-3H3,(H,28,34)(H2,26,27,29,33). The first kappa shape index (κ1) is 27.8. The number of amides is 3. The molecule has 6 N–H and O–H groups in total. The molecule has 0 aliphatic heterocycles. The van der Waals surface area contributed by atoms with Crippen LogP contribution in [0.2, 0.25) is 0 Å². The summed E-state index contributed by atoms with van der Waals surface area (Å²) in [5, 5.41) is 43.1. The zero-order valence-electron chi connectivity index (χ0n) is 21.3. The second kappa shape index (κ2) is 11.3. The van der Waals surface area contributed by atoms with Crippen LogP contribution in [0.25, 0.3) is 10.6 Å². The van der Waals surface area contributed by atoms with Crippen LogP contribution in [0.1, 0.15) is 28.2 Å². The minimum atomic E-state index is -3.50. The second-order valence-corrected chi connectivity index (χ2v) is 10.1. The molecule has 0 spiro atoms. The van der Waals surface area contributed by atoms with E-state index in [4.69, 9.17) is 4.74 Å². The molecule has 39 heavy (non-hydrogen) atoms. The SMILES string of the molecule is COc1c(Nc2cc(NC(=O)C3CC3)nnc2C(=O)NC(O)(O)O)cccc1-c1ncc(CC(=O)N(C)C)s1. The fraction of sp³-hybridized carbons (Fsp3) is 0.333. The number of para-hydroxylation sites is 1. The molecule has 3 aromatic rings. The summed E-state index contributed by atoms with van der Waals surface area (Å²) in [5.74, 6) is -1.17. The normalized spacial score (nSPS) is 13.0. The van der Waals surface area contributed by atoms with E-state index in [0.29, 0.717) is 22.0 Å². The number of thiazole rings is 1. The van der Waals surface area contributed by atoms with Crippen LogP contribution in [-0.4, -0.2) is 80.4 Å². The minimum Gasteiger partial charge on any atom is -0.494 e. The van der Waals surface area contributed by atoms with Gasteiger partial charge in [-0.25, -0.2) is 4.98 Å². The molecule has 0 saturated heterocycles. The van der Waals surface area contributed by atoms with Gasteiger partial charge in [0.15, 0.2) is 17.3 Å². The maximum absolute atomic E-state index is 12.6. The predicted molar refractivity (Wildman–Crippen MR) is 140 cm³/mol. The number of carbonyl (C=O) groups excluding carboxylic acids is 3. The van der Waals surface area contributed by atoms with Crippen molar-refractivity contribution >= 4 is 46.3 Å². The van der Waals surface area contributed by atoms with Crippen LogP contribution in [0.5, 0.6) is 5.75 Å². The lowest BCUT2D eigenvalue weighted by molar-refractivity contribution is -0.323. The van der Waals surface area contributed by atoms with E-state index in [-0.39, 0.29) is 35.7 Å². The highest BCUT2D eigenvalue weighted by atomic mass is 32.1. The topological polar surface area (TPSA) is 199 Å². The average molecular weight is 558 g/mol. The van der Waals surface area contributed by atoms with Gasteiger partial charge in [0.2, 0.25) is 11.8 Å². The number of carbonyl (C=O) groups is 3. The molecule has 1 aliphatic carbocycles. The van der Waals surface area contributed by atoms with Gasteiger partial charge in [-0.2, -0.15) is 0 Å². The molecule has 14 nitrogen and oxygen atoms in total. The number of nitrogens with one attached hydrogen (secondary N) is 3. The van der Waals surface area contributed by atoms with Crippen molar-refractivity contribution in [1.82, 2.24) is 25.4 Å². The molecule has 1 fully saturated rings. The lowest BCUT2D eigenvalue weighted by Crippen LogP contribution is -2.48. The van der Waals surface area contributed by atoms with Crippen molar-refractivity contribution in [3.8, 4) is 16.3 Å². The quantitative estimate of drug-likeness (QED) is 0.191. The molecule has 0 bridgehead atoms. The van der Waals surface area contributed by atoms with E-state index in [9.17, 15) is 29.7 Å². The predicted octanol–water partition coefficient (Wildman–Crippen LogP) is 0.649. The zero-order valence-corrected chi connectivity index (χ0v) is 22.1. The van der Waals surface area contributed by atoms with Crippen LogP contribution >= 0.6 is 11.3 Å². The van der Waals surface area contributed by atoms with Gasteiger partial charge in [0.05, 0.1) is 30.5 Å². The lowest BCUT2D eigenvalue weighted by Gasteiger charge is -2.18. The molecular weight excluding hydrogens is 530 g/mol. The Bertz CT molecular complexity index is 1400. The molecule has 1 aliphatic rings. The average Bonchev–Trinajstić information content (AvgIpc) is 3.62. The minimum absolute atomic E-state index is 0.0182. The summed E-state index contributed by atoms with van der Waals surface area (Å²) in [4.78, 5) is 43.6. The number of aliphatic hydroxyl groups is 3. The summed E-state index contributed by atoms with van der Waals surface area (Å²) >= 11 is 1.32. The van der Waals surface area contributed by atoms with Gasteiger partial charge in [0.1, 0.15) is 5.01 Å². The summed E-state index contributed by atoms with van der Waals surface area (Å²) in [7, 11) is 4.80. The molecule has 2 aromatic heterocycles. The number of hydrogen-bond acceptors (Lipinski definition) is 12. The molecule has 1 saturated carbocycles. The van der Waals surface area contributed by atoms with Gasteiger partial charge in [-0.1, -0.05) is 6.07 Å². The second-order valence-electron chi connectivity index (χ2n) is 8.95. The first-order chi connectivity index (χ1) is 18.4. The van der Waals surface area contributed by atoms with Gasteiger partial charge in [0.25, 0.3) is 5.91 Å². The van der Waals surface area contributed by atoms with Crippen molar-refractivity contribution in [2.24, 2.45) is 5.92 Å². The van der Waals surface area contributed by atoms with Gasteiger partial charge in [-0.3, -0.25) is 19.7 Å². The fourth-order valence-corrected chi connectivity index (χ4v) is 4.42. The van der Waals surface area contributed by atoms with Crippen LogP contribution < -0.4 is 20.7 Å². The van der Waals surface area contributed by atoms with Gasteiger partial charge in [-0.15, -0.1) is 21.5 Å². The Morgan fingerprint density at radius 2 is 1.90 bits per heavy atom. The molecule has 0 radical (unpaired) electrons. The summed E-state index contributed by atoms with van der Waals surface area (Å²) in [6.07, 6.45) is -0.146. The van der Waals surface area contributed by atoms with Crippen molar-refractivity contribution in [3.05, 3.63) is 41.0 Å². The summed E-state index contributed by atoms with van der Waals surface area (Å²) in [6.45, 7) is 0. The number of methoxy groups -OCH3 is 1. The largest absolute Gasteiger partial charge is 0.494 e. The first-order valence-corrected chi connectivity index (χ1v) is 12.5. The van der Waals surface area contributed by atoms with Crippen molar-refractivity contribution in [2.45, 2.75) is 25.4 Å². The molecule has 3 amide bonds. The van der Waals surface area contributed by atoms with E-state index in [0.717, 1.165) is 17.7 Å². The van der Waals surface area contributed by atoms with Crippen molar-refractivity contribution < 1.29 is 34.4 Å². The molecule has 1 aromatic carbocycles. The van der Waals surface area contributed by atoms with Gasteiger partial charge >= 0.3 is 6.10 Å². The first-order valence-electron chi connectivity index (χ1n) is 11.7. The lowest BCUT2D eigenvalue weighted by atomic mass is 10.1. The van der Waals surface area contributed by atoms with Crippen molar-refractivity contribution in [1.29, 1.82) is 0 Å². The van der Waals surface area contributed by atoms with E-state index < -0.39 is 17.7 Å². The summed E-state index contributed by atoms with van der Waals surface area (Å²) in [6, 6.07) is 6.50. The number of benzene rings is 1. The number of rotatable bonds is 10. The van der Waals surface area contributed by atoms with Crippen LogP contribution in [0.15, 0.2) is 30.5 Å². The van der Waals surface area contributed by atoms with Crippen LogP contribution in [0.4, 0.5) is 17.2 Å². The highest BCUT2D eigenvalue weighted by Gasteiger charge is 2.31. The molecular formula is C24H27N7O7S. The molecule has 2 heterocycles. The van der Waals surface area contributed by atoms with E-state index in [1.165, 1.54) is 29.4 Å². The zero-order chi connectivity index (χ0) is 28.3. The third kappa shape index (κ3) is 7.02. The van der Waals surface area contributed by atoms with E-state index in [2.05, 4.69) is 25.8 Å². The smallest absolute Gasteiger partial charge is 0.369 e. The van der Waals surface area contributed by atoms with Gasteiger partial charge < -0.3 is 35.6 Å². The molecule has 15 heteroatoms. The summed E-state index contributed by atoms with van der Waals surface area (Å²) in [5.41, 5.74) is 0.587. The Morgan fingerprint density at radius 1 is 1.15 bits per heavy atom. The maximum Gasteiger partial charge on any atom is 0.369 e. The Hall–Kier alpha value is -4.18. The Kier molecular flexibility index (Phi) is 8.06. The van der Waals surface area contributed by atoms with Crippen LogP contribution in [0.3, 0.4) is 0 Å². The van der Waals surface area contributed by atoms with Gasteiger partial charge in [0, 0.05) is 37.2 Å². The van der Waals surface area contributed by atoms with Crippen LogP contribution in [-0.2, 0) is 16.0 Å². The fourth-order valence-electron chi connectivity index (χ4n) is 3.49. The van der Waals surface area contributed by atoms with Crippen molar-refractivity contribution in [3.63, 3.8) is 0 Å².